The van der Waals surface area contributed by atoms with Crippen LogP contribution >= 0.6 is 0 Å². The Labute approximate surface area is 159 Å². The predicted molar refractivity (Wildman–Crippen MR) is 108 cm³/mol. The number of anilines is 2. The van der Waals surface area contributed by atoms with E-state index in [1.807, 2.05) is 78.6 Å². The molecule has 0 saturated heterocycles. The third kappa shape index (κ3) is 3.80. The number of amides is 1. The Morgan fingerprint density at radius 3 is 2.48 bits per heavy atom. The Morgan fingerprint density at radius 2 is 1.70 bits per heavy atom. The van der Waals surface area contributed by atoms with Crippen molar-refractivity contribution in [1.82, 2.24) is 0 Å². The number of aryl methyl sites for hydroxylation is 1. The lowest BCUT2D eigenvalue weighted by Crippen LogP contribution is -2.43. The fraction of sp³-hybridized carbons (Fsp3) is 0.174. The van der Waals surface area contributed by atoms with Crippen molar-refractivity contribution in [3.63, 3.8) is 0 Å². The van der Waals surface area contributed by atoms with Gasteiger partial charge in [-0.3, -0.25) is 4.79 Å². The van der Waals surface area contributed by atoms with Crippen molar-refractivity contribution < 1.29 is 9.53 Å². The summed E-state index contributed by atoms with van der Waals surface area (Å²) in [5.74, 6) is 0.655. The van der Waals surface area contributed by atoms with Crippen molar-refractivity contribution in [3.05, 3.63) is 90.0 Å². The molecule has 136 valence electrons. The molecule has 4 nitrogen and oxygen atoms in total. The number of fused-ring (bicyclic) bond motifs is 1. The van der Waals surface area contributed by atoms with Crippen LogP contribution in [-0.2, 0) is 4.79 Å². The predicted octanol–water partition coefficient (Wildman–Crippen LogP) is 4.57. The molecule has 1 amide bonds. The zero-order chi connectivity index (χ0) is 18.6. The maximum Gasteiger partial charge on any atom is 0.265 e. The molecule has 3 aromatic carbocycles. The van der Waals surface area contributed by atoms with Crippen LogP contribution in [-0.4, -0.2) is 19.1 Å². The summed E-state index contributed by atoms with van der Waals surface area (Å²) >= 11 is 0. The van der Waals surface area contributed by atoms with Gasteiger partial charge < -0.3 is 15.0 Å². The second kappa shape index (κ2) is 7.54. The van der Waals surface area contributed by atoms with Crippen molar-refractivity contribution in [1.29, 1.82) is 0 Å². The van der Waals surface area contributed by atoms with Gasteiger partial charge in [0.25, 0.3) is 5.91 Å². The lowest BCUT2D eigenvalue weighted by atomic mass is 10.0. The molecule has 1 aliphatic heterocycles. The molecule has 27 heavy (non-hydrogen) atoms. The highest BCUT2D eigenvalue weighted by atomic mass is 16.5. The first-order valence-corrected chi connectivity index (χ1v) is 9.11. The van der Waals surface area contributed by atoms with E-state index in [2.05, 4.69) is 17.4 Å². The minimum Gasteiger partial charge on any atom is -0.484 e. The van der Waals surface area contributed by atoms with Crippen LogP contribution in [0.15, 0.2) is 78.9 Å². The van der Waals surface area contributed by atoms with Gasteiger partial charge in [-0.15, -0.1) is 0 Å². The summed E-state index contributed by atoms with van der Waals surface area (Å²) in [7, 11) is 0. The molecule has 1 atom stereocenters. The third-order valence-electron chi connectivity index (χ3n) is 4.78. The van der Waals surface area contributed by atoms with Gasteiger partial charge in [0.15, 0.2) is 6.61 Å². The highest BCUT2D eigenvalue weighted by Crippen LogP contribution is 2.35. The van der Waals surface area contributed by atoms with E-state index in [4.69, 9.17) is 4.74 Å². The first-order chi connectivity index (χ1) is 13.2. The van der Waals surface area contributed by atoms with Crippen LogP contribution in [0, 0.1) is 6.92 Å². The monoisotopic (exact) mass is 358 g/mol. The Morgan fingerprint density at radius 1 is 1.00 bits per heavy atom. The summed E-state index contributed by atoms with van der Waals surface area (Å²) in [6.07, 6.45) is 0. The van der Waals surface area contributed by atoms with E-state index in [0.717, 1.165) is 22.5 Å². The Kier molecular flexibility index (Phi) is 4.79. The van der Waals surface area contributed by atoms with Gasteiger partial charge in [0.05, 0.1) is 24.0 Å². The van der Waals surface area contributed by atoms with Crippen molar-refractivity contribution in [2.45, 2.75) is 13.0 Å². The van der Waals surface area contributed by atoms with Crippen LogP contribution in [0.1, 0.15) is 17.2 Å². The quantitative estimate of drug-likeness (QED) is 0.743. The SMILES string of the molecule is Cc1ccc(OCC(=O)N2CC(c3ccccc3)Nc3ccccc32)cc1. The molecule has 0 saturated carbocycles. The molecule has 1 unspecified atom stereocenters. The summed E-state index contributed by atoms with van der Waals surface area (Å²) in [5, 5.41) is 3.54. The highest BCUT2D eigenvalue weighted by Gasteiger charge is 2.28. The minimum atomic E-state index is -0.0505. The van der Waals surface area contributed by atoms with Crippen LogP contribution < -0.4 is 15.0 Å². The van der Waals surface area contributed by atoms with E-state index in [-0.39, 0.29) is 18.6 Å². The van der Waals surface area contributed by atoms with Gasteiger partial charge in [-0.25, -0.2) is 0 Å². The van der Waals surface area contributed by atoms with Gasteiger partial charge >= 0.3 is 0 Å². The van der Waals surface area contributed by atoms with E-state index in [9.17, 15) is 4.79 Å². The number of para-hydroxylation sites is 2. The molecular formula is C23H22N2O2. The second-order valence-electron chi connectivity index (χ2n) is 6.73. The fourth-order valence-electron chi connectivity index (χ4n) is 3.31. The van der Waals surface area contributed by atoms with Crippen molar-refractivity contribution in [3.8, 4) is 5.75 Å². The summed E-state index contributed by atoms with van der Waals surface area (Å²) in [5.41, 5.74) is 4.17. The molecule has 4 rings (SSSR count). The molecule has 0 aromatic heterocycles. The number of hydrogen-bond acceptors (Lipinski definition) is 3. The number of carbonyl (C=O) groups is 1. The van der Waals surface area contributed by atoms with Crippen LogP contribution in [0.4, 0.5) is 11.4 Å². The molecule has 0 fully saturated rings. The van der Waals surface area contributed by atoms with E-state index in [0.29, 0.717) is 12.3 Å². The molecule has 4 heteroatoms. The topological polar surface area (TPSA) is 41.6 Å². The second-order valence-corrected chi connectivity index (χ2v) is 6.73. The van der Waals surface area contributed by atoms with Gasteiger partial charge in [-0.05, 0) is 36.8 Å². The number of hydrogen-bond donors (Lipinski definition) is 1. The largest absolute Gasteiger partial charge is 0.484 e. The minimum absolute atomic E-state index is 0.0128. The van der Waals surface area contributed by atoms with Crippen LogP contribution in [0.25, 0.3) is 0 Å². The third-order valence-corrected chi connectivity index (χ3v) is 4.78. The molecular weight excluding hydrogens is 336 g/mol. The van der Waals surface area contributed by atoms with Crippen LogP contribution in [0.3, 0.4) is 0 Å². The highest BCUT2D eigenvalue weighted by molar-refractivity contribution is 5.98. The van der Waals surface area contributed by atoms with Crippen molar-refractivity contribution in [2.24, 2.45) is 0 Å². The molecule has 1 aliphatic rings. The summed E-state index contributed by atoms with van der Waals surface area (Å²) in [6.45, 7) is 2.60. The van der Waals surface area contributed by atoms with Crippen molar-refractivity contribution >= 4 is 17.3 Å². The van der Waals surface area contributed by atoms with Crippen molar-refractivity contribution in [2.75, 3.05) is 23.4 Å². The van der Waals surface area contributed by atoms with Gasteiger partial charge in [0.2, 0.25) is 0 Å². The first kappa shape index (κ1) is 17.2. The maximum atomic E-state index is 13.0. The molecule has 1 N–H and O–H groups in total. The fourth-order valence-corrected chi connectivity index (χ4v) is 3.31. The standard InChI is InChI=1S/C23H22N2O2/c1-17-11-13-19(14-12-17)27-16-23(26)25-15-21(18-7-3-2-4-8-18)24-20-9-5-6-10-22(20)25/h2-14,21,24H,15-16H2,1H3. The van der Waals surface area contributed by atoms with E-state index in [1.54, 1.807) is 0 Å². The number of carbonyl (C=O) groups excluding carboxylic acids is 1. The van der Waals surface area contributed by atoms with Crippen LogP contribution in [0.2, 0.25) is 0 Å². The molecule has 0 spiro atoms. The number of rotatable bonds is 4. The molecule has 0 bridgehead atoms. The lowest BCUT2D eigenvalue weighted by molar-refractivity contribution is -0.120. The Bertz CT molecular complexity index is 923. The number of nitrogens with one attached hydrogen (secondary N) is 1. The number of benzene rings is 3. The number of nitrogens with zero attached hydrogens (tertiary/aromatic N) is 1. The number of ether oxygens (including phenoxy) is 1. The summed E-state index contributed by atoms with van der Waals surface area (Å²) in [6, 6.07) is 25.9. The van der Waals surface area contributed by atoms with E-state index >= 15 is 0 Å². The van der Waals surface area contributed by atoms with Crippen LogP contribution in [0.5, 0.6) is 5.75 Å². The van der Waals surface area contributed by atoms with Gasteiger partial charge in [0.1, 0.15) is 5.75 Å². The smallest absolute Gasteiger partial charge is 0.265 e. The Balaban J connectivity index is 1.54. The lowest BCUT2D eigenvalue weighted by Gasteiger charge is -2.36. The molecule has 0 radical (unpaired) electrons. The zero-order valence-corrected chi connectivity index (χ0v) is 15.3. The molecule has 3 aromatic rings. The van der Waals surface area contributed by atoms with E-state index in [1.165, 1.54) is 0 Å². The average molecular weight is 358 g/mol. The van der Waals surface area contributed by atoms with Gasteiger partial charge in [0, 0.05) is 0 Å². The van der Waals surface area contributed by atoms with Gasteiger partial charge in [-0.1, -0.05) is 60.2 Å². The Hall–Kier alpha value is -3.27. The zero-order valence-electron chi connectivity index (χ0n) is 15.3. The average Bonchev–Trinajstić information content (AvgIpc) is 2.73. The summed E-state index contributed by atoms with van der Waals surface area (Å²) in [4.78, 5) is 14.8. The first-order valence-electron chi connectivity index (χ1n) is 9.11. The summed E-state index contributed by atoms with van der Waals surface area (Å²) < 4.78 is 5.72. The van der Waals surface area contributed by atoms with Gasteiger partial charge in [-0.2, -0.15) is 0 Å². The normalized spacial score (nSPS) is 15.6. The molecule has 0 aliphatic carbocycles. The molecule has 1 heterocycles. The van der Waals surface area contributed by atoms with E-state index < -0.39 is 0 Å². The maximum absolute atomic E-state index is 13.0.